The van der Waals surface area contributed by atoms with E-state index in [1.807, 2.05) is 23.1 Å². The SMILES string of the molecule is C[C@H]1CC(C)(C)N([C@H](O)C(Cl)(Cl)Cl)c2ccccc21. The van der Waals surface area contributed by atoms with Gasteiger partial charge in [0.05, 0.1) is 0 Å². The number of aliphatic hydroxyl groups excluding tert-OH is 1. The number of rotatable bonds is 1. The van der Waals surface area contributed by atoms with Gasteiger partial charge in [-0.1, -0.05) is 59.9 Å². The highest BCUT2D eigenvalue weighted by molar-refractivity contribution is 6.68. The van der Waals surface area contributed by atoms with Crippen LogP contribution in [-0.4, -0.2) is 20.7 Å². The first kappa shape index (κ1) is 15.2. The maximum absolute atomic E-state index is 10.4. The van der Waals surface area contributed by atoms with Crippen molar-refractivity contribution in [3.63, 3.8) is 0 Å². The Morgan fingerprint density at radius 3 is 2.47 bits per heavy atom. The molecule has 2 nitrogen and oxygen atoms in total. The van der Waals surface area contributed by atoms with Crippen LogP contribution in [0.1, 0.15) is 38.7 Å². The Morgan fingerprint density at radius 1 is 1.32 bits per heavy atom. The third-order valence-electron chi connectivity index (χ3n) is 3.72. The van der Waals surface area contributed by atoms with E-state index in [9.17, 15) is 5.11 Å². The molecule has 1 aromatic rings. The van der Waals surface area contributed by atoms with Crippen molar-refractivity contribution in [2.75, 3.05) is 4.90 Å². The van der Waals surface area contributed by atoms with Gasteiger partial charge in [-0.05, 0) is 37.8 Å². The zero-order chi connectivity index (χ0) is 14.4. The Hall–Kier alpha value is -0.150. The molecule has 0 spiro atoms. The smallest absolute Gasteiger partial charge is 0.234 e. The maximum Gasteiger partial charge on any atom is 0.234 e. The number of nitrogens with zero attached hydrogens (tertiary/aromatic N) is 1. The van der Waals surface area contributed by atoms with Gasteiger partial charge in [-0.25, -0.2) is 0 Å². The molecule has 0 amide bonds. The summed E-state index contributed by atoms with van der Waals surface area (Å²) < 4.78 is -1.75. The Bertz CT molecular complexity index is 470. The normalized spacial score (nSPS) is 23.9. The minimum atomic E-state index is -1.75. The predicted octanol–water partition coefficient (Wildman–Crippen LogP) is 4.47. The number of hydrogen-bond donors (Lipinski definition) is 1. The molecule has 1 aliphatic rings. The molecule has 1 aliphatic heterocycles. The lowest BCUT2D eigenvalue weighted by Crippen LogP contribution is -2.57. The number of benzene rings is 1. The molecular weight excluding hydrogens is 305 g/mol. The Kier molecular flexibility index (Phi) is 4.01. The first-order valence-electron chi connectivity index (χ1n) is 6.27. The molecule has 106 valence electrons. The highest BCUT2D eigenvalue weighted by atomic mass is 35.6. The Labute approximate surface area is 129 Å². The third-order valence-corrected chi connectivity index (χ3v) is 4.31. The monoisotopic (exact) mass is 321 g/mol. The first-order chi connectivity index (χ1) is 8.64. The third kappa shape index (κ3) is 2.82. The van der Waals surface area contributed by atoms with Crippen LogP contribution in [0.15, 0.2) is 24.3 Å². The second-order valence-electron chi connectivity index (χ2n) is 5.76. The van der Waals surface area contributed by atoms with Gasteiger partial charge in [0.1, 0.15) is 0 Å². The van der Waals surface area contributed by atoms with Crippen LogP contribution < -0.4 is 4.90 Å². The molecule has 0 radical (unpaired) electrons. The zero-order valence-electron chi connectivity index (χ0n) is 11.2. The lowest BCUT2D eigenvalue weighted by atomic mass is 9.80. The molecule has 1 heterocycles. The van der Waals surface area contributed by atoms with Crippen molar-refractivity contribution in [2.45, 2.75) is 48.7 Å². The molecule has 2 atom stereocenters. The van der Waals surface area contributed by atoms with Crippen molar-refractivity contribution in [1.82, 2.24) is 0 Å². The zero-order valence-corrected chi connectivity index (χ0v) is 13.5. The number of para-hydroxylation sites is 1. The molecule has 1 N–H and O–H groups in total. The van der Waals surface area contributed by atoms with Gasteiger partial charge in [0.15, 0.2) is 6.23 Å². The summed E-state index contributed by atoms with van der Waals surface area (Å²) in [5.74, 6) is 0.407. The Morgan fingerprint density at radius 2 is 1.89 bits per heavy atom. The minimum absolute atomic E-state index is 0.281. The second kappa shape index (κ2) is 5.00. The summed E-state index contributed by atoms with van der Waals surface area (Å²) in [5, 5.41) is 10.4. The average Bonchev–Trinajstić information content (AvgIpc) is 2.26. The number of halogens is 3. The molecule has 0 saturated heterocycles. The Balaban J connectivity index is 2.54. The highest BCUT2D eigenvalue weighted by Crippen LogP contribution is 2.47. The van der Waals surface area contributed by atoms with Crippen molar-refractivity contribution in [1.29, 1.82) is 0 Å². The van der Waals surface area contributed by atoms with Gasteiger partial charge < -0.3 is 10.0 Å². The first-order valence-corrected chi connectivity index (χ1v) is 7.41. The lowest BCUT2D eigenvalue weighted by Gasteiger charge is -2.50. The summed E-state index contributed by atoms with van der Waals surface area (Å²) in [6.07, 6.45) is -0.289. The van der Waals surface area contributed by atoms with E-state index in [1.165, 1.54) is 5.56 Å². The van der Waals surface area contributed by atoms with Crippen molar-refractivity contribution >= 4 is 40.5 Å². The average molecular weight is 323 g/mol. The van der Waals surface area contributed by atoms with Gasteiger partial charge in [0, 0.05) is 11.2 Å². The van der Waals surface area contributed by atoms with Crippen LogP contribution >= 0.6 is 34.8 Å². The van der Waals surface area contributed by atoms with Crippen LogP contribution in [0, 0.1) is 0 Å². The minimum Gasteiger partial charge on any atom is -0.369 e. The van der Waals surface area contributed by atoms with E-state index >= 15 is 0 Å². The van der Waals surface area contributed by atoms with Crippen LogP contribution in [0.5, 0.6) is 0 Å². The fourth-order valence-electron chi connectivity index (χ4n) is 3.02. The molecular formula is C14H18Cl3NO. The van der Waals surface area contributed by atoms with Crippen molar-refractivity contribution in [2.24, 2.45) is 0 Å². The molecule has 19 heavy (non-hydrogen) atoms. The van der Waals surface area contributed by atoms with Crippen LogP contribution in [0.2, 0.25) is 0 Å². The molecule has 1 aromatic carbocycles. The number of aliphatic hydroxyl groups is 1. The topological polar surface area (TPSA) is 23.5 Å². The van der Waals surface area contributed by atoms with Crippen LogP contribution in [0.25, 0.3) is 0 Å². The number of alkyl halides is 3. The van der Waals surface area contributed by atoms with Crippen molar-refractivity contribution < 1.29 is 5.11 Å². The van der Waals surface area contributed by atoms with E-state index in [4.69, 9.17) is 34.8 Å². The molecule has 5 heteroatoms. The van der Waals surface area contributed by atoms with E-state index < -0.39 is 10.0 Å². The number of anilines is 1. The predicted molar refractivity (Wildman–Crippen MR) is 82.3 cm³/mol. The van der Waals surface area contributed by atoms with Gasteiger partial charge in [-0.3, -0.25) is 0 Å². The van der Waals surface area contributed by atoms with Gasteiger partial charge in [-0.15, -0.1) is 0 Å². The maximum atomic E-state index is 10.4. The molecule has 0 bridgehead atoms. The van der Waals surface area contributed by atoms with E-state index in [0.717, 1.165) is 12.1 Å². The molecule has 0 unspecified atom stereocenters. The van der Waals surface area contributed by atoms with Crippen LogP contribution in [0.3, 0.4) is 0 Å². The summed E-state index contributed by atoms with van der Waals surface area (Å²) >= 11 is 17.7. The largest absolute Gasteiger partial charge is 0.369 e. The highest BCUT2D eigenvalue weighted by Gasteiger charge is 2.46. The molecule has 0 fully saturated rings. The van der Waals surface area contributed by atoms with E-state index in [0.29, 0.717) is 5.92 Å². The van der Waals surface area contributed by atoms with E-state index in [1.54, 1.807) is 0 Å². The fraction of sp³-hybridized carbons (Fsp3) is 0.571. The van der Waals surface area contributed by atoms with E-state index in [-0.39, 0.29) is 5.54 Å². The molecule has 0 aromatic heterocycles. The van der Waals surface area contributed by atoms with Gasteiger partial charge in [-0.2, -0.15) is 0 Å². The van der Waals surface area contributed by atoms with E-state index in [2.05, 4.69) is 26.8 Å². The summed E-state index contributed by atoms with van der Waals surface area (Å²) in [7, 11) is 0. The molecule has 2 rings (SSSR count). The van der Waals surface area contributed by atoms with Crippen molar-refractivity contribution in [3.8, 4) is 0 Å². The summed E-state index contributed by atoms with van der Waals surface area (Å²) in [4.78, 5) is 1.81. The van der Waals surface area contributed by atoms with Gasteiger partial charge in [0.25, 0.3) is 0 Å². The molecule has 0 aliphatic carbocycles. The summed E-state index contributed by atoms with van der Waals surface area (Å²) in [5.41, 5.74) is 1.83. The molecule has 0 saturated carbocycles. The van der Waals surface area contributed by atoms with Crippen LogP contribution in [0.4, 0.5) is 5.69 Å². The second-order valence-corrected chi connectivity index (χ2v) is 8.13. The lowest BCUT2D eigenvalue weighted by molar-refractivity contribution is 0.136. The van der Waals surface area contributed by atoms with Crippen LogP contribution in [-0.2, 0) is 0 Å². The summed E-state index contributed by atoms with van der Waals surface area (Å²) in [6.45, 7) is 6.29. The fourth-order valence-corrected chi connectivity index (χ4v) is 3.31. The van der Waals surface area contributed by atoms with Gasteiger partial charge in [0.2, 0.25) is 3.79 Å². The number of fused-ring (bicyclic) bond motifs is 1. The standard InChI is InChI=1S/C14H18Cl3NO/c1-9-8-13(2,3)18(12(19)14(15,16)17)11-7-5-4-6-10(9)11/h4-7,9,12,19H,8H2,1-3H3/t9-,12+/m0/s1. The quantitative estimate of drug-likeness (QED) is 0.771. The van der Waals surface area contributed by atoms with Crippen molar-refractivity contribution in [3.05, 3.63) is 29.8 Å². The van der Waals surface area contributed by atoms with Gasteiger partial charge >= 0.3 is 0 Å². The number of hydrogen-bond acceptors (Lipinski definition) is 2. The summed E-state index contributed by atoms with van der Waals surface area (Å²) in [6, 6.07) is 7.96.